The highest BCUT2D eigenvalue weighted by atomic mass is 32.1. The Hall–Kier alpha value is -0.380. The summed E-state index contributed by atoms with van der Waals surface area (Å²) in [5.41, 5.74) is 3.17. The van der Waals surface area contributed by atoms with Crippen LogP contribution >= 0.6 is 11.3 Å². The SMILES string of the molecule is CCCCN1CCc2cscc2C1.O. The lowest BCUT2D eigenvalue weighted by molar-refractivity contribution is 0.251. The van der Waals surface area contributed by atoms with Crippen LogP contribution in [0.3, 0.4) is 0 Å². The van der Waals surface area contributed by atoms with Gasteiger partial charge in [-0.25, -0.2) is 0 Å². The summed E-state index contributed by atoms with van der Waals surface area (Å²) in [5, 5.41) is 4.62. The average Bonchev–Trinajstić information content (AvgIpc) is 2.61. The zero-order chi connectivity index (χ0) is 9.10. The number of rotatable bonds is 3. The fourth-order valence-electron chi connectivity index (χ4n) is 1.88. The first kappa shape index (κ1) is 11.7. The monoisotopic (exact) mass is 213 g/mol. The molecule has 0 saturated heterocycles. The van der Waals surface area contributed by atoms with E-state index < -0.39 is 0 Å². The van der Waals surface area contributed by atoms with E-state index in [0.29, 0.717) is 0 Å². The largest absolute Gasteiger partial charge is 0.412 e. The van der Waals surface area contributed by atoms with Crippen molar-refractivity contribution in [2.24, 2.45) is 0 Å². The summed E-state index contributed by atoms with van der Waals surface area (Å²) in [5.74, 6) is 0. The Labute approximate surface area is 89.9 Å². The molecule has 1 aliphatic heterocycles. The lowest BCUT2D eigenvalue weighted by atomic mass is 10.1. The molecule has 1 aromatic rings. The minimum atomic E-state index is 0. The minimum Gasteiger partial charge on any atom is -0.412 e. The fraction of sp³-hybridized carbons (Fsp3) is 0.636. The summed E-state index contributed by atoms with van der Waals surface area (Å²) in [7, 11) is 0. The van der Waals surface area contributed by atoms with E-state index in [4.69, 9.17) is 0 Å². The van der Waals surface area contributed by atoms with E-state index >= 15 is 0 Å². The highest BCUT2D eigenvalue weighted by molar-refractivity contribution is 7.08. The zero-order valence-electron chi connectivity index (χ0n) is 8.75. The first-order valence-corrected chi connectivity index (χ1v) is 6.10. The van der Waals surface area contributed by atoms with Gasteiger partial charge in [-0.3, -0.25) is 4.90 Å². The lowest BCUT2D eigenvalue weighted by Gasteiger charge is -2.26. The van der Waals surface area contributed by atoms with Gasteiger partial charge >= 0.3 is 0 Å². The average molecular weight is 213 g/mol. The maximum atomic E-state index is 2.58. The molecule has 1 aliphatic rings. The summed E-state index contributed by atoms with van der Waals surface area (Å²) in [6, 6.07) is 0. The van der Waals surface area contributed by atoms with E-state index in [1.165, 1.54) is 38.9 Å². The standard InChI is InChI=1S/C11H17NS.H2O/c1-2-3-5-12-6-4-10-8-13-9-11(10)7-12;/h8-9H,2-7H2,1H3;1H2. The number of fused-ring (bicyclic) bond motifs is 1. The van der Waals surface area contributed by atoms with Crippen LogP contribution < -0.4 is 0 Å². The van der Waals surface area contributed by atoms with Gasteiger partial charge in [0.25, 0.3) is 0 Å². The highest BCUT2D eigenvalue weighted by Gasteiger charge is 2.15. The van der Waals surface area contributed by atoms with E-state index in [-0.39, 0.29) is 5.48 Å². The number of thiophene rings is 1. The molecule has 2 N–H and O–H groups in total. The number of nitrogens with zero attached hydrogens (tertiary/aromatic N) is 1. The van der Waals surface area contributed by atoms with Gasteiger partial charge in [-0.05, 0) is 41.3 Å². The van der Waals surface area contributed by atoms with Crippen LogP contribution in [-0.4, -0.2) is 23.5 Å². The second-order valence-electron chi connectivity index (χ2n) is 3.80. The van der Waals surface area contributed by atoms with E-state index in [9.17, 15) is 0 Å². The van der Waals surface area contributed by atoms with Crippen molar-refractivity contribution in [1.82, 2.24) is 4.90 Å². The van der Waals surface area contributed by atoms with Crippen molar-refractivity contribution < 1.29 is 5.48 Å². The van der Waals surface area contributed by atoms with Crippen LogP contribution in [0.1, 0.15) is 30.9 Å². The maximum absolute atomic E-state index is 2.58. The van der Waals surface area contributed by atoms with Gasteiger partial charge in [-0.1, -0.05) is 13.3 Å². The molecule has 2 heterocycles. The Morgan fingerprint density at radius 3 is 2.93 bits per heavy atom. The maximum Gasteiger partial charge on any atom is 0.0244 e. The Morgan fingerprint density at radius 1 is 1.36 bits per heavy atom. The molecular formula is C11H19NOS. The highest BCUT2D eigenvalue weighted by Crippen LogP contribution is 2.22. The van der Waals surface area contributed by atoms with Crippen molar-refractivity contribution in [3.05, 3.63) is 21.9 Å². The van der Waals surface area contributed by atoms with E-state index in [1.807, 2.05) is 11.3 Å². The second kappa shape index (κ2) is 5.49. The zero-order valence-corrected chi connectivity index (χ0v) is 9.57. The third-order valence-electron chi connectivity index (χ3n) is 2.75. The smallest absolute Gasteiger partial charge is 0.0244 e. The molecule has 0 spiro atoms. The van der Waals surface area contributed by atoms with Crippen molar-refractivity contribution in [2.75, 3.05) is 13.1 Å². The van der Waals surface area contributed by atoms with Crippen LogP contribution in [0.4, 0.5) is 0 Å². The summed E-state index contributed by atoms with van der Waals surface area (Å²) in [6.45, 7) is 6.01. The van der Waals surface area contributed by atoms with Gasteiger partial charge in [0, 0.05) is 13.1 Å². The van der Waals surface area contributed by atoms with Gasteiger partial charge < -0.3 is 5.48 Å². The number of hydrogen-bond donors (Lipinski definition) is 0. The molecule has 0 saturated carbocycles. The van der Waals surface area contributed by atoms with E-state index in [1.54, 1.807) is 11.1 Å². The van der Waals surface area contributed by atoms with Gasteiger partial charge in [0.05, 0.1) is 0 Å². The Kier molecular flexibility index (Phi) is 4.58. The first-order chi connectivity index (χ1) is 6.40. The van der Waals surface area contributed by atoms with Crippen molar-refractivity contribution in [2.45, 2.75) is 32.7 Å². The van der Waals surface area contributed by atoms with Crippen LogP contribution in [0.25, 0.3) is 0 Å². The number of hydrogen-bond acceptors (Lipinski definition) is 2. The van der Waals surface area contributed by atoms with Gasteiger partial charge in [0.2, 0.25) is 0 Å². The molecule has 0 atom stereocenters. The topological polar surface area (TPSA) is 34.7 Å². The van der Waals surface area contributed by atoms with E-state index in [2.05, 4.69) is 22.6 Å². The predicted molar refractivity (Wildman–Crippen MR) is 61.8 cm³/mol. The molecular weight excluding hydrogens is 194 g/mol. The van der Waals surface area contributed by atoms with Crippen LogP contribution in [0.15, 0.2) is 10.8 Å². The van der Waals surface area contributed by atoms with Gasteiger partial charge in [0.15, 0.2) is 0 Å². The summed E-state index contributed by atoms with van der Waals surface area (Å²) >= 11 is 1.85. The normalized spacial score (nSPS) is 16.1. The minimum absolute atomic E-state index is 0. The lowest BCUT2D eigenvalue weighted by Crippen LogP contribution is -2.30. The van der Waals surface area contributed by atoms with Crippen LogP contribution in [0.5, 0.6) is 0 Å². The van der Waals surface area contributed by atoms with Crippen molar-refractivity contribution in [3.63, 3.8) is 0 Å². The predicted octanol–water partition coefficient (Wildman–Crippen LogP) is 2.08. The van der Waals surface area contributed by atoms with Gasteiger partial charge in [0.1, 0.15) is 0 Å². The molecule has 1 aromatic heterocycles. The Balaban J connectivity index is 0.000000980. The van der Waals surface area contributed by atoms with E-state index in [0.717, 1.165) is 0 Å². The van der Waals surface area contributed by atoms with Crippen LogP contribution in [-0.2, 0) is 13.0 Å². The first-order valence-electron chi connectivity index (χ1n) is 5.16. The van der Waals surface area contributed by atoms with Crippen molar-refractivity contribution in [3.8, 4) is 0 Å². The van der Waals surface area contributed by atoms with Crippen molar-refractivity contribution in [1.29, 1.82) is 0 Å². The molecule has 2 rings (SSSR count). The molecule has 0 amide bonds. The molecule has 0 aromatic carbocycles. The summed E-state index contributed by atoms with van der Waals surface area (Å²) in [6.07, 6.45) is 3.93. The van der Waals surface area contributed by atoms with Crippen LogP contribution in [0, 0.1) is 0 Å². The molecule has 80 valence electrons. The molecule has 0 aliphatic carbocycles. The third kappa shape index (κ3) is 2.56. The van der Waals surface area contributed by atoms with Crippen LogP contribution in [0.2, 0.25) is 0 Å². The van der Waals surface area contributed by atoms with Gasteiger partial charge in [-0.15, -0.1) is 0 Å². The van der Waals surface area contributed by atoms with Crippen molar-refractivity contribution >= 4 is 11.3 Å². The summed E-state index contributed by atoms with van der Waals surface area (Å²) in [4.78, 5) is 2.58. The molecule has 2 nitrogen and oxygen atoms in total. The quantitative estimate of drug-likeness (QED) is 0.757. The number of unbranched alkanes of at least 4 members (excludes halogenated alkanes) is 1. The molecule has 0 bridgehead atoms. The fourth-order valence-corrected chi connectivity index (χ4v) is 2.77. The Bertz CT molecular complexity index is 272. The third-order valence-corrected chi connectivity index (χ3v) is 3.59. The molecule has 0 fully saturated rings. The second-order valence-corrected chi connectivity index (χ2v) is 4.55. The molecule has 0 unspecified atom stereocenters. The summed E-state index contributed by atoms with van der Waals surface area (Å²) < 4.78 is 0. The molecule has 3 heteroatoms. The Morgan fingerprint density at radius 2 is 2.14 bits per heavy atom. The molecule has 0 radical (unpaired) electrons. The van der Waals surface area contributed by atoms with Gasteiger partial charge in [-0.2, -0.15) is 11.3 Å². The molecule has 14 heavy (non-hydrogen) atoms.